The summed E-state index contributed by atoms with van der Waals surface area (Å²) in [5.74, 6) is 0. The minimum absolute atomic E-state index is 0. The number of aromatic nitrogens is 3. The van der Waals surface area contributed by atoms with E-state index < -0.39 is 0 Å². The van der Waals surface area contributed by atoms with E-state index in [-0.39, 0.29) is 12.4 Å². The number of rotatable bonds is 2. The monoisotopic (exact) mass is 360 g/mol. The van der Waals surface area contributed by atoms with Crippen LogP contribution < -0.4 is 0 Å². The first-order valence-corrected chi connectivity index (χ1v) is 6.72. The lowest BCUT2D eigenvalue weighted by Crippen LogP contribution is -1.87. The number of imidazole rings is 1. The Hall–Kier alpha value is -2.16. The zero-order valence-corrected chi connectivity index (χ0v) is 13.2. The molecule has 3 aromatic rings. The van der Waals surface area contributed by atoms with Crippen molar-refractivity contribution >= 4 is 46.1 Å². The van der Waals surface area contributed by atoms with Crippen LogP contribution in [0.15, 0.2) is 47.5 Å². The van der Waals surface area contributed by atoms with Gasteiger partial charge in [-0.15, -0.1) is 12.4 Å². The van der Waals surface area contributed by atoms with Gasteiger partial charge in [0.2, 0.25) is 0 Å². The summed E-state index contributed by atoms with van der Waals surface area (Å²) in [6.07, 6.45) is 10.8. The molecule has 6 heteroatoms. The summed E-state index contributed by atoms with van der Waals surface area (Å²) in [5, 5.41) is 9.04. The van der Waals surface area contributed by atoms with E-state index in [0.717, 1.165) is 21.4 Å². The Kier molecular flexibility index (Phi) is 4.73. The molecule has 0 bridgehead atoms. The lowest BCUT2D eigenvalue weighted by Gasteiger charge is -1.98. The van der Waals surface area contributed by atoms with Crippen LogP contribution in [0.1, 0.15) is 16.8 Å². The van der Waals surface area contributed by atoms with Gasteiger partial charge in [0.05, 0.1) is 17.5 Å². The number of halogens is 2. The first-order chi connectivity index (χ1) is 9.78. The summed E-state index contributed by atoms with van der Waals surface area (Å²) < 4.78 is 2.97. The fraction of sp³-hybridized carbons (Fsp3) is 0. The third kappa shape index (κ3) is 3.13. The van der Waals surface area contributed by atoms with Crippen LogP contribution in [-0.4, -0.2) is 14.4 Å². The molecule has 3 aromatic heterocycles. The van der Waals surface area contributed by atoms with Gasteiger partial charge in [0.1, 0.15) is 11.7 Å². The first-order valence-electron chi connectivity index (χ1n) is 5.93. The molecular weight excluding hydrogens is 352 g/mol. The molecule has 0 N–H and O–H groups in total. The van der Waals surface area contributed by atoms with E-state index in [4.69, 9.17) is 5.26 Å². The largest absolute Gasteiger partial charge is 0.299 e. The second-order valence-corrected chi connectivity index (χ2v) is 5.08. The molecule has 0 aliphatic heterocycles. The Labute approximate surface area is 136 Å². The van der Waals surface area contributed by atoms with Crippen LogP contribution in [0.5, 0.6) is 0 Å². The van der Waals surface area contributed by atoms with Crippen molar-refractivity contribution in [2.24, 2.45) is 0 Å². The van der Waals surface area contributed by atoms with E-state index in [1.165, 1.54) is 0 Å². The van der Waals surface area contributed by atoms with Gasteiger partial charge in [-0.05, 0) is 45.8 Å². The van der Waals surface area contributed by atoms with Gasteiger partial charge in [0.15, 0.2) is 0 Å². The third-order valence-corrected chi connectivity index (χ3v) is 3.38. The summed E-state index contributed by atoms with van der Waals surface area (Å²) in [6, 6.07) is 7.83. The highest BCUT2D eigenvalue weighted by Crippen LogP contribution is 2.16. The Morgan fingerprint density at radius 1 is 1.19 bits per heavy atom. The number of nitrogens with zero attached hydrogens (tertiary/aromatic N) is 4. The predicted molar refractivity (Wildman–Crippen MR) is 88.0 cm³/mol. The quantitative estimate of drug-likeness (QED) is 0.694. The summed E-state index contributed by atoms with van der Waals surface area (Å²) in [5.41, 5.74) is 3.22. The molecule has 0 aliphatic rings. The van der Waals surface area contributed by atoms with Crippen molar-refractivity contribution in [1.29, 1.82) is 5.26 Å². The minimum Gasteiger partial charge on any atom is -0.299 e. The maximum absolute atomic E-state index is 9.04. The van der Waals surface area contributed by atoms with Crippen LogP contribution in [-0.2, 0) is 0 Å². The van der Waals surface area contributed by atoms with Gasteiger partial charge in [-0.2, -0.15) is 5.26 Å². The fourth-order valence-corrected chi connectivity index (χ4v) is 2.25. The molecule has 0 amide bonds. The number of hydrogen-bond donors (Lipinski definition) is 0. The van der Waals surface area contributed by atoms with Gasteiger partial charge in [-0.3, -0.25) is 9.38 Å². The first kappa shape index (κ1) is 15.2. The molecule has 0 fully saturated rings. The fourth-order valence-electron chi connectivity index (χ4n) is 1.92. The Morgan fingerprint density at radius 2 is 2.05 bits per heavy atom. The molecule has 0 unspecified atom stereocenters. The maximum Gasteiger partial charge on any atom is 0.137 e. The molecule has 0 spiro atoms. The van der Waals surface area contributed by atoms with E-state index in [1.807, 2.05) is 40.9 Å². The van der Waals surface area contributed by atoms with Crippen molar-refractivity contribution in [1.82, 2.24) is 14.4 Å². The summed E-state index contributed by atoms with van der Waals surface area (Å²) in [4.78, 5) is 8.27. The van der Waals surface area contributed by atoms with Gasteiger partial charge in [-0.1, -0.05) is 6.08 Å². The number of fused-ring (bicyclic) bond motifs is 1. The molecule has 0 radical (unpaired) electrons. The van der Waals surface area contributed by atoms with E-state index >= 15 is 0 Å². The summed E-state index contributed by atoms with van der Waals surface area (Å²) >= 11 is 3.45. The highest BCUT2D eigenvalue weighted by molar-refractivity contribution is 9.10. The average Bonchev–Trinajstić information content (AvgIpc) is 2.87. The highest BCUT2D eigenvalue weighted by Gasteiger charge is 2.01. The van der Waals surface area contributed by atoms with Gasteiger partial charge in [0, 0.05) is 23.1 Å². The van der Waals surface area contributed by atoms with Crippen molar-refractivity contribution in [2.75, 3.05) is 0 Å². The van der Waals surface area contributed by atoms with Crippen LogP contribution in [0.2, 0.25) is 0 Å². The number of nitriles is 1. The van der Waals surface area contributed by atoms with Crippen LogP contribution in [0, 0.1) is 11.3 Å². The molecule has 0 atom stereocenters. The molecule has 104 valence electrons. The van der Waals surface area contributed by atoms with Gasteiger partial charge in [0.25, 0.3) is 0 Å². The van der Waals surface area contributed by atoms with Crippen molar-refractivity contribution in [3.63, 3.8) is 0 Å². The van der Waals surface area contributed by atoms with Crippen molar-refractivity contribution in [3.8, 4) is 6.07 Å². The molecular formula is C15H10BrClN4. The second kappa shape index (κ2) is 6.53. The maximum atomic E-state index is 9.04. The normalized spacial score (nSPS) is 10.5. The zero-order valence-electron chi connectivity index (χ0n) is 10.8. The van der Waals surface area contributed by atoms with Gasteiger partial charge in [-0.25, -0.2) is 4.98 Å². The molecule has 3 rings (SSSR count). The van der Waals surface area contributed by atoms with Gasteiger partial charge < -0.3 is 0 Å². The number of pyridine rings is 2. The second-order valence-electron chi connectivity index (χ2n) is 4.17. The molecule has 4 nitrogen and oxygen atoms in total. The standard InChI is InChI=1S/C15H9BrN4.ClH/c16-13-2-4-15-19-9-14(20(15)10-13)3-1-11-5-6-18-8-12(11)7-17;/h1-6,8-10H;1H/b3-1+;. The highest BCUT2D eigenvalue weighted by atomic mass is 79.9. The van der Waals surface area contributed by atoms with E-state index in [2.05, 4.69) is 32.0 Å². The smallest absolute Gasteiger partial charge is 0.137 e. The topological polar surface area (TPSA) is 54.0 Å². The average molecular weight is 362 g/mol. The zero-order chi connectivity index (χ0) is 13.9. The third-order valence-electron chi connectivity index (χ3n) is 2.91. The Bertz CT molecular complexity index is 848. The van der Waals surface area contributed by atoms with Crippen molar-refractivity contribution in [3.05, 3.63) is 64.3 Å². The number of hydrogen-bond acceptors (Lipinski definition) is 3. The van der Waals surface area contributed by atoms with Gasteiger partial charge >= 0.3 is 0 Å². The Balaban J connectivity index is 0.00000161. The van der Waals surface area contributed by atoms with Crippen LogP contribution >= 0.6 is 28.3 Å². The summed E-state index contributed by atoms with van der Waals surface area (Å²) in [6.45, 7) is 0. The lowest BCUT2D eigenvalue weighted by molar-refractivity contribution is 1.16. The van der Waals surface area contributed by atoms with Crippen LogP contribution in [0.25, 0.3) is 17.8 Å². The molecule has 0 saturated heterocycles. The van der Waals surface area contributed by atoms with Crippen molar-refractivity contribution in [2.45, 2.75) is 0 Å². The van der Waals surface area contributed by atoms with E-state index in [0.29, 0.717) is 5.56 Å². The SMILES string of the molecule is Cl.N#Cc1cnccc1/C=C/c1cnc2ccc(Br)cn12. The van der Waals surface area contributed by atoms with E-state index in [1.54, 1.807) is 18.6 Å². The predicted octanol–water partition coefficient (Wildman–Crippen LogP) is 3.96. The molecule has 21 heavy (non-hydrogen) atoms. The van der Waals surface area contributed by atoms with Crippen LogP contribution in [0.4, 0.5) is 0 Å². The van der Waals surface area contributed by atoms with E-state index in [9.17, 15) is 0 Å². The Morgan fingerprint density at radius 3 is 2.86 bits per heavy atom. The molecule has 0 aliphatic carbocycles. The molecule has 0 saturated carbocycles. The molecule has 0 aromatic carbocycles. The summed E-state index contributed by atoms with van der Waals surface area (Å²) in [7, 11) is 0. The minimum atomic E-state index is 0. The lowest BCUT2D eigenvalue weighted by atomic mass is 10.1. The molecule has 3 heterocycles. The van der Waals surface area contributed by atoms with Crippen LogP contribution in [0.3, 0.4) is 0 Å². The van der Waals surface area contributed by atoms with Crippen molar-refractivity contribution < 1.29 is 0 Å².